The lowest BCUT2D eigenvalue weighted by Crippen LogP contribution is -2.13. The summed E-state index contributed by atoms with van der Waals surface area (Å²) in [5.74, 6) is 0. The molecule has 7 heavy (non-hydrogen) atoms. The molecule has 0 amide bonds. The SMILES string of the molecule is C[Si](C)(C)N=PBr. The molecule has 0 saturated heterocycles. The third kappa shape index (κ3) is 6.80. The molecule has 0 aliphatic carbocycles. The van der Waals surface area contributed by atoms with Gasteiger partial charge in [0.05, 0.1) is 7.08 Å². The van der Waals surface area contributed by atoms with E-state index < -0.39 is 8.24 Å². The Hall–Kier alpha value is 0.797. The molecule has 0 saturated carbocycles. The van der Waals surface area contributed by atoms with Crippen molar-refractivity contribution >= 4 is 30.8 Å². The fourth-order valence-corrected chi connectivity index (χ4v) is 5.30. The van der Waals surface area contributed by atoms with Crippen molar-refractivity contribution in [2.45, 2.75) is 19.6 Å². The molecular weight excluding hydrogens is 189 g/mol. The van der Waals surface area contributed by atoms with Gasteiger partial charge in [-0.05, 0) is 35.1 Å². The van der Waals surface area contributed by atoms with E-state index in [0.29, 0.717) is 0 Å². The summed E-state index contributed by atoms with van der Waals surface area (Å²) in [4.78, 5) is 0. The van der Waals surface area contributed by atoms with Gasteiger partial charge in [-0.1, -0.05) is 0 Å². The van der Waals surface area contributed by atoms with Crippen LogP contribution in [0.25, 0.3) is 0 Å². The standard InChI is InChI=1S/C3H9BrNPSi/c1-7(2,3)5-6-4/h1-3H3. The fourth-order valence-electron chi connectivity index (χ4n) is 0.113. The van der Waals surface area contributed by atoms with Crippen molar-refractivity contribution in [3.05, 3.63) is 0 Å². The molecule has 0 radical (unpaired) electrons. The molecule has 0 rings (SSSR count). The summed E-state index contributed by atoms with van der Waals surface area (Å²) in [6.45, 7) is 6.63. The third-order valence-corrected chi connectivity index (χ3v) is 4.47. The maximum absolute atomic E-state index is 4.28. The van der Waals surface area contributed by atoms with Crippen LogP contribution in [0.15, 0.2) is 4.41 Å². The predicted molar refractivity (Wildman–Crippen MR) is 41.6 cm³/mol. The maximum Gasteiger partial charge on any atom is 0.179 e. The van der Waals surface area contributed by atoms with E-state index in [0.717, 1.165) is 7.08 Å². The maximum atomic E-state index is 4.28. The van der Waals surface area contributed by atoms with Crippen molar-refractivity contribution in [1.29, 1.82) is 0 Å². The normalized spacial score (nSPS) is 13.1. The molecule has 0 aromatic rings. The van der Waals surface area contributed by atoms with Gasteiger partial charge in [0, 0.05) is 0 Å². The van der Waals surface area contributed by atoms with E-state index in [9.17, 15) is 0 Å². The third-order valence-electron chi connectivity index (χ3n) is 0.338. The summed E-state index contributed by atoms with van der Waals surface area (Å²) >= 11 is 3.23. The van der Waals surface area contributed by atoms with E-state index in [4.69, 9.17) is 0 Å². The second-order valence-corrected chi connectivity index (χ2v) is 8.59. The van der Waals surface area contributed by atoms with Gasteiger partial charge in [-0.15, -0.1) is 0 Å². The summed E-state index contributed by atoms with van der Waals surface area (Å²) in [5, 5.41) is 0. The molecule has 0 aromatic heterocycles. The van der Waals surface area contributed by atoms with Crippen LogP contribution in [-0.4, -0.2) is 8.24 Å². The second-order valence-electron chi connectivity index (χ2n) is 2.35. The molecule has 1 nitrogen and oxygen atoms in total. The molecule has 0 aliphatic rings. The van der Waals surface area contributed by atoms with Crippen LogP contribution in [0, 0.1) is 0 Å². The predicted octanol–water partition coefficient (Wildman–Crippen LogP) is 3.26. The smallest absolute Gasteiger partial charge is 0.179 e. The highest BCUT2D eigenvalue weighted by Crippen LogP contribution is 2.16. The van der Waals surface area contributed by atoms with Gasteiger partial charge in [-0.2, -0.15) is 0 Å². The number of halogens is 1. The highest BCUT2D eigenvalue weighted by atomic mass is 79.9. The first-order valence-corrected chi connectivity index (χ1v) is 8.41. The summed E-state index contributed by atoms with van der Waals surface area (Å²) < 4.78 is 4.28. The van der Waals surface area contributed by atoms with E-state index >= 15 is 0 Å². The molecule has 0 bridgehead atoms. The summed E-state index contributed by atoms with van der Waals surface area (Å²) in [5.41, 5.74) is 0. The zero-order valence-corrected chi connectivity index (χ0v) is 8.25. The molecule has 0 aliphatic heterocycles. The molecule has 0 heterocycles. The number of hydrogen-bond acceptors (Lipinski definition) is 1. The van der Waals surface area contributed by atoms with Crippen molar-refractivity contribution in [3.8, 4) is 0 Å². The molecular formula is C3H9BrNPSi. The highest BCUT2D eigenvalue weighted by Gasteiger charge is 2.08. The van der Waals surface area contributed by atoms with Crippen LogP contribution in [-0.2, 0) is 0 Å². The van der Waals surface area contributed by atoms with Crippen molar-refractivity contribution in [2.24, 2.45) is 4.41 Å². The Morgan fingerprint density at radius 1 is 1.43 bits per heavy atom. The van der Waals surface area contributed by atoms with Gasteiger partial charge >= 0.3 is 0 Å². The van der Waals surface area contributed by atoms with Crippen LogP contribution in [0.1, 0.15) is 0 Å². The van der Waals surface area contributed by atoms with E-state index in [1.807, 2.05) is 0 Å². The molecule has 0 N–H and O–H groups in total. The van der Waals surface area contributed by atoms with E-state index in [2.05, 4.69) is 39.5 Å². The van der Waals surface area contributed by atoms with Crippen LogP contribution >= 0.6 is 22.6 Å². The Morgan fingerprint density at radius 2 is 1.86 bits per heavy atom. The monoisotopic (exact) mass is 197 g/mol. The molecule has 42 valence electrons. The molecule has 0 fully saturated rings. The molecule has 4 heteroatoms. The fraction of sp³-hybridized carbons (Fsp3) is 1.00. The molecule has 0 unspecified atom stereocenters. The van der Waals surface area contributed by atoms with Gasteiger partial charge in [0.25, 0.3) is 0 Å². The average molecular weight is 198 g/mol. The van der Waals surface area contributed by atoms with Crippen LogP contribution in [0.2, 0.25) is 19.6 Å². The van der Waals surface area contributed by atoms with Crippen molar-refractivity contribution in [3.63, 3.8) is 0 Å². The lowest BCUT2D eigenvalue weighted by Gasteiger charge is -2.03. The Labute approximate surface area is 55.2 Å². The van der Waals surface area contributed by atoms with Gasteiger partial charge < -0.3 is 0 Å². The van der Waals surface area contributed by atoms with Crippen LogP contribution in [0.3, 0.4) is 0 Å². The summed E-state index contributed by atoms with van der Waals surface area (Å²) in [7, 11) is -0.0833. The van der Waals surface area contributed by atoms with Crippen LogP contribution < -0.4 is 0 Å². The van der Waals surface area contributed by atoms with E-state index in [-0.39, 0.29) is 0 Å². The number of nitrogens with zero attached hydrogens (tertiary/aromatic N) is 1. The van der Waals surface area contributed by atoms with Crippen molar-refractivity contribution < 1.29 is 0 Å². The Balaban J connectivity index is 3.56. The van der Waals surface area contributed by atoms with E-state index in [1.54, 1.807) is 0 Å². The van der Waals surface area contributed by atoms with Gasteiger partial charge in [0.2, 0.25) is 0 Å². The summed E-state index contributed by atoms with van der Waals surface area (Å²) in [6.07, 6.45) is 0. The first-order chi connectivity index (χ1) is 3.06. The van der Waals surface area contributed by atoms with Gasteiger partial charge in [0.1, 0.15) is 0 Å². The van der Waals surface area contributed by atoms with Gasteiger partial charge in [-0.3, -0.25) is 4.41 Å². The quantitative estimate of drug-likeness (QED) is 0.453. The first kappa shape index (κ1) is 7.80. The zero-order valence-electron chi connectivity index (χ0n) is 4.77. The van der Waals surface area contributed by atoms with Crippen LogP contribution in [0.4, 0.5) is 0 Å². The number of rotatable bonds is 1. The lowest BCUT2D eigenvalue weighted by molar-refractivity contribution is 1.61. The Morgan fingerprint density at radius 3 is 1.86 bits per heavy atom. The van der Waals surface area contributed by atoms with E-state index in [1.165, 1.54) is 0 Å². The first-order valence-electron chi connectivity index (χ1n) is 2.09. The van der Waals surface area contributed by atoms with Gasteiger partial charge in [-0.25, -0.2) is 0 Å². The van der Waals surface area contributed by atoms with Gasteiger partial charge in [0.15, 0.2) is 8.24 Å². The van der Waals surface area contributed by atoms with Crippen molar-refractivity contribution in [1.82, 2.24) is 0 Å². The minimum atomic E-state index is -1.09. The van der Waals surface area contributed by atoms with Crippen molar-refractivity contribution in [2.75, 3.05) is 0 Å². The second kappa shape index (κ2) is 2.95. The average Bonchev–Trinajstić information content (AvgIpc) is 1.30. The Kier molecular flexibility index (Phi) is 3.29. The molecule has 0 spiro atoms. The Bertz CT molecular complexity index is 77.5. The minimum Gasteiger partial charge on any atom is -0.297 e. The topological polar surface area (TPSA) is 12.4 Å². The summed E-state index contributed by atoms with van der Waals surface area (Å²) in [6, 6.07) is 0. The largest absolute Gasteiger partial charge is 0.297 e. The zero-order chi connectivity index (χ0) is 5.91. The highest BCUT2D eigenvalue weighted by molar-refractivity contribution is 9.35. The molecule has 0 aromatic carbocycles. The molecule has 0 atom stereocenters. The number of hydrogen-bond donors (Lipinski definition) is 0. The minimum absolute atomic E-state index is 1.01. The lowest BCUT2D eigenvalue weighted by atomic mass is 11.8. The van der Waals surface area contributed by atoms with Crippen LogP contribution in [0.5, 0.6) is 0 Å².